The fourth-order valence-electron chi connectivity index (χ4n) is 1.07. The number of nitriles is 1. The fraction of sp³-hybridized carbons (Fsp3) is 0.100. The Kier molecular flexibility index (Phi) is 3.27. The normalized spacial score (nSPS) is 10.1. The number of hydrogen-bond acceptors (Lipinski definition) is 5. The molecule has 0 saturated carbocycles. The highest BCUT2D eigenvalue weighted by Gasteiger charge is 2.08. The molecule has 0 amide bonds. The fourth-order valence-corrected chi connectivity index (χ4v) is 2.41. The average molecular weight is 296 g/mol. The Bertz CT molecular complexity index is 561. The minimum atomic E-state index is 0.489. The predicted octanol–water partition coefficient (Wildman–Crippen LogP) is 3.16. The van der Waals surface area contributed by atoms with Gasteiger partial charge in [0.2, 0.25) is 5.89 Å². The molecule has 0 aliphatic rings. The van der Waals surface area contributed by atoms with Gasteiger partial charge in [-0.25, -0.2) is 0 Å². The number of halogens is 1. The summed E-state index contributed by atoms with van der Waals surface area (Å²) >= 11 is 4.75. The van der Waals surface area contributed by atoms with Gasteiger partial charge in [-0.1, -0.05) is 0 Å². The summed E-state index contributed by atoms with van der Waals surface area (Å²) in [7, 11) is 0. The summed E-state index contributed by atoms with van der Waals surface area (Å²) in [5.74, 6) is 0.535. The van der Waals surface area contributed by atoms with Gasteiger partial charge in [0.25, 0.3) is 5.22 Å². The Hall–Kier alpha value is -1.32. The third-order valence-corrected chi connectivity index (χ3v) is 3.60. The van der Waals surface area contributed by atoms with Gasteiger partial charge in [-0.05, 0) is 45.9 Å². The van der Waals surface area contributed by atoms with Gasteiger partial charge in [0.05, 0.1) is 11.6 Å². The van der Waals surface area contributed by atoms with Crippen LogP contribution in [0.1, 0.15) is 11.5 Å². The molecule has 1 aromatic carbocycles. The van der Waals surface area contributed by atoms with Gasteiger partial charge in [0.1, 0.15) is 0 Å². The van der Waals surface area contributed by atoms with Crippen molar-refractivity contribution in [3.05, 3.63) is 34.1 Å². The molecule has 16 heavy (non-hydrogen) atoms. The quantitative estimate of drug-likeness (QED) is 0.851. The smallest absolute Gasteiger partial charge is 0.281 e. The molecule has 1 aromatic heterocycles. The molecule has 4 nitrogen and oxygen atoms in total. The summed E-state index contributed by atoms with van der Waals surface area (Å²) in [6.07, 6.45) is 0. The molecule has 0 bridgehead atoms. The van der Waals surface area contributed by atoms with E-state index >= 15 is 0 Å². The second-order valence-corrected chi connectivity index (χ2v) is 4.79. The SMILES string of the molecule is Cc1nnc(Sc2ccc(C#N)cc2Br)o1. The molecule has 0 unspecified atom stereocenters. The number of rotatable bonds is 2. The van der Waals surface area contributed by atoms with Crippen molar-refractivity contribution in [3.63, 3.8) is 0 Å². The van der Waals surface area contributed by atoms with Crippen molar-refractivity contribution in [2.75, 3.05) is 0 Å². The highest BCUT2D eigenvalue weighted by molar-refractivity contribution is 9.10. The Morgan fingerprint density at radius 2 is 2.25 bits per heavy atom. The van der Waals surface area contributed by atoms with Crippen LogP contribution in [0.2, 0.25) is 0 Å². The van der Waals surface area contributed by atoms with Crippen LogP contribution in [0, 0.1) is 18.3 Å². The molecule has 6 heteroatoms. The largest absolute Gasteiger partial charge is 0.416 e. The minimum Gasteiger partial charge on any atom is -0.416 e. The number of benzene rings is 1. The Morgan fingerprint density at radius 3 is 2.81 bits per heavy atom. The number of aryl methyl sites for hydroxylation is 1. The van der Waals surface area contributed by atoms with E-state index in [1.807, 2.05) is 6.07 Å². The molecule has 0 atom stereocenters. The van der Waals surface area contributed by atoms with Gasteiger partial charge in [0, 0.05) is 16.3 Å². The van der Waals surface area contributed by atoms with E-state index in [0.717, 1.165) is 9.37 Å². The topological polar surface area (TPSA) is 62.7 Å². The van der Waals surface area contributed by atoms with Crippen LogP contribution >= 0.6 is 27.7 Å². The number of hydrogen-bond donors (Lipinski definition) is 0. The molecule has 2 aromatic rings. The van der Waals surface area contributed by atoms with E-state index in [-0.39, 0.29) is 0 Å². The lowest BCUT2D eigenvalue weighted by molar-refractivity contribution is 0.429. The van der Waals surface area contributed by atoms with Crippen LogP contribution in [0.3, 0.4) is 0 Å². The van der Waals surface area contributed by atoms with Crippen molar-refractivity contribution < 1.29 is 4.42 Å². The molecule has 0 fully saturated rings. The molecule has 0 radical (unpaired) electrons. The molecule has 0 spiro atoms. The Morgan fingerprint density at radius 1 is 1.44 bits per heavy atom. The first kappa shape index (κ1) is 11.2. The van der Waals surface area contributed by atoms with E-state index in [1.54, 1.807) is 19.1 Å². The summed E-state index contributed by atoms with van der Waals surface area (Å²) in [4.78, 5) is 0.933. The zero-order valence-electron chi connectivity index (χ0n) is 8.27. The highest BCUT2D eigenvalue weighted by atomic mass is 79.9. The van der Waals surface area contributed by atoms with Crippen molar-refractivity contribution in [1.29, 1.82) is 5.26 Å². The van der Waals surface area contributed by atoms with Crippen LogP contribution in [0.25, 0.3) is 0 Å². The molecule has 0 N–H and O–H groups in total. The van der Waals surface area contributed by atoms with Gasteiger partial charge in [-0.3, -0.25) is 0 Å². The second kappa shape index (κ2) is 4.68. The molecule has 0 aliphatic heterocycles. The van der Waals surface area contributed by atoms with Gasteiger partial charge >= 0.3 is 0 Å². The van der Waals surface area contributed by atoms with Crippen molar-refractivity contribution in [2.45, 2.75) is 17.0 Å². The Balaban J connectivity index is 2.26. The summed E-state index contributed by atoms with van der Waals surface area (Å²) < 4.78 is 6.09. The zero-order valence-corrected chi connectivity index (χ0v) is 10.7. The average Bonchev–Trinajstić information content (AvgIpc) is 2.67. The predicted molar refractivity (Wildman–Crippen MR) is 62.0 cm³/mol. The first-order valence-electron chi connectivity index (χ1n) is 4.36. The first-order valence-corrected chi connectivity index (χ1v) is 5.97. The standard InChI is InChI=1S/C10H6BrN3OS/c1-6-13-14-10(15-6)16-9-3-2-7(5-12)4-8(9)11/h2-4H,1H3. The van der Waals surface area contributed by atoms with Crippen molar-refractivity contribution in [2.24, 2.45) is 0 Å². The number of nitrogens with zero attached hydrogens (tertiary/aromatic N) is 3. The van der Waals surface area contributed by atoms with E-state index in [1.165, 1.54) is 11.8 Å². The van der Waals surface area contributed by atoms with E-state index < -0.39 is 0 Å². The van der Waals surface area contributed by atoms with Gasteiger partial charge in [-0.15, -0.1) is 10.2 Å². The van der Waals surface area contributed by atoms with Gasteiger partial charge in [0.15, 0.2) is 0 Å². The first-order chi connectivity index (χ1) is 7.69. The lowest BCUT2D eigenvalue weighted by Gasteiger charge is -2.00. The van der Waals surface area contributed by atoms with Crippen LogP contribution in [0.4, 0.5) is 0 Å². The lowest BCUT2D eigenvalue weighted by Crippen LogP contribution is -1.79. The van der Waals surface area contributed by atoms with Crippen LogP contribution in [0.15, 0.2) is 37.2 Å². The van der Waals surface area contributed by atoms with Crippen molar-refractivity contribution in [1.82, 2.24) is 10.2 Å². The monoisotopic (exact) mass is 295 g/mol. The molecule has 1 heterocycles. The molecule has 80 valence electrons. The maximum Gasteiger partial charge on any atom is 0.281 e. The third-order valence-electron chi connectivity index (χ3n) is 1.77. The van der Waals surface area contributed by atoms with Crippen molar-refractivity contribution in [3.8, 4) is 6.07 Å². The lowest BCUT2D eigenvalue weighted by atomic mass is 10.2. The zero-order chi connectivity index (χ0) is 11.5. The summed E-state index contributed by atoms with van der Waals surface area (Å²) in [6, 6.07) is 7.41. The summed E-state index contributed by atoms with van der Waals surface area (Å²) in [5.41, 5.74) is 0.609. The Labute approximate surface area is 105 Å². The van der Waals surface area contributed by atoms with E-state index in [0.29, 0.717) is 16.7 Å². The summed E-state index contributed by atoms with van der Waals surface area (Å²) in [6.45, 7) is 1.74. The second-order valence-electron chi connectivity index (χ2n) is 2.95. The summed E-state index contributed by atoms with van der Waals surface area (Å²) in [5, 5.41) is 16.8. The van der Waals surface area contributed by atoms with Gasteiger partial charge < -0.3 is 4.42 Å². The highest BCUT2D eigenvalue weighted by Crippen LogP contribution is 2.33. The molecule has 0 aliphatic carbocycles. The van der Waals surface area contributed by atoms with Crippen LogP contribution in [-0.2, 0) is 0 Å². The van der Waals surface area contributed by atoms with Crippen LogP contribution < -0.4 is 0 Å². The third kappa shape index (κ3) is 2.43. The molecule has 2 rings (SSSR count). The van der Waals surface area contributed by atoms with Gasteiger partial charge in [-0.2, -0.15) is 5.26 Å². The molecule has 0 saturated heterocycles. The minimum absolute atomic E-state index is 0.489. The van der Waals surface area contributed by atoms with Crippen molar-refractivity contribution >= 4 is 27.7 Å². The van der Waals surface area contributed by atoms with Crippen LogP contribution in [-0.4, -0.2) is 10.2 Å². The van der Waals surface area contributed by atoms with E-state index in [4.69, 9.17) is 9.68 Å². The molecular weight excluding hydrogens is 290 g/mol. The van der Waals surface area contributed by atoms with E-state index in [2.05, 4.69) is 32.2 Å². The number of aromatic nitrogens is 2. The maximum absolute atomic E-state index is 8.73. The van der Waals surface area contributed by atoms with E-state index in [9.17, 15) is 0 Å². The van der Waals surface area contributed by atoms with Crippen LogP contribution in [0.5, 0.6) is 0 Å². The molecular formula is C10H6BrN3OS. The maximum atomic E-state index is 8.73.